The Bertz CT molecular complexity index is 474. The molecule has 2 rings (SSSR count). The number of rotatable bonds is 7. The SMILES string of the molecule is CC[Si](Cc1ccccc1OC)O[C@@H]1C[C@H](C)CC[C@H]1C(C)C. The Morgan fingerprint density at radius 1 is 1.22 bits per heavy atom. The van der Waals surface area contributed by atoms with Crippen molar-refractivity contribution in [3.8, 4) is 5.75 Å². The van der Waals surface area contributed by atoms with Gasteiger partial charge in [-0.2, -0.15) is 0 Å². The number of benzene rings is 1. The third-order valence-electron chi connectivity index (χ3n) is 5.25. The van der Waals surface area contributed by atoms with Gasteiger partial charge in [0.15, 0.2) is 0 Å². The molecule has 0 spiro atoms. The standard InChI is InChI=1S/C20H33O2Si/c1-6-23(14-17-9-7-8-10-19(17)21-5)22-20-13-16(4)11-12-18(20)15(2)3/h7-10,15-16,18,20H,6,11-14H2,1-5H3/t16-,18+,20-/m1/s1. The molecule has 3 atom stereocenters. The van der Waals surface area contributed by atoms with Crippen LogP contribution in [0.3, 0.4) is 0 Å². The van der Waals surface area contributed by atoms with Crippen LogP contribution >= 0.6 is 0 Å². The van der Waals surface area contributed by atoms with Crippen LogP contribution in [0.2, 0.25) is 6.04 Å². The van der Waals surface area contributed by atoms with E-state index in [1.165, 1.54) is 24.8 Å². The maximum absolute atomic E-state index is 6.73. The fourth-order valence-electron chi connectivity index (χ4n) is 3.78. The van der Waals surface area contributed by atoms with Gasteiger partial charge in [0.1, 0.15) is 5.75 Å². The molecule has 23 heavy (non-hydrogen) atoms. The van der Waals surface area contributed by atoms with E-state index in [1.807, 2.05) is 6.07 Å². The lowest BCUT2D eigenvalue weighted by Crippen LogP contribution is -2.39. The summed E-state index contributed by atoms with van der Waals surface area (Å²) in [6.45, 7) is 9.37. The first kappa shape index (κ1) is 18.5. The van der Waals surface area contributed by atoms with E-state index in [0.29, 0.717) is 6.10 Å². The topological polar surface area (TPSA) is 18.5 Å². The number of hydrogen-bond acceptors (Lipinski definition) is 2. The van der Waals surface area contributed by atoms with E-state index in [1.54, 1.807) is 7.11 Å². The maximum atomic E-state index is 6.73. The van der Waals surface area contributed by atoms with Gasteiger partial charge in [-0.3, -0.25) is 0 Å². The van der Waals surface area contributed by atoms with Crippen molar-refractivity contribution in [3.63, 3.8) is 0 Å². The molecule has 3 heteroatoms. The third kappa shape index (κ3) is 5.08. The van der Waals surface area contributed by atoms with Crippen LogP contribution < -0.4 is 4.74 Å². The molecule has 0 saturated heterocycles. The Balaban J connectivity index is 2.05. The fourth-order valence-corrected chi connectivity index (χ4v) is 5.69. The van der Waals surface area contributed by atoms with Gasteiger partial charge in [0.25, 0.3) is 0 Å². The van der Waals surface area contributed by atoms with E-state index in [-0.39, 0.29) is 0 Å². The average molecular weight is 334 g/mol. The van der Waals surface area contributed by atoms with Gasteiger partial charge in [0.05, 0.1) is 7.11 Å². The summed E-state index contributed by atoms with van der Waals surface area (Å²) >= 11 is 0. The second-order valence-electron chi connectivity index (χ2n) is 7.36. The smallest absolute Gasteiger partial charge is 0.216 e. The number of para-hydroxylation sites is 1. The van der Waals surface area contributed by atoms with Crippen molar-refractivity contribution in [3.05, 3.63) is 29.8 Å². The Hall–Kier alpha value is -0.803. The number of hydrogen-bond donors (Lipinski definition) is 0. The first-order valence-corrected chi connectivity index (χ1v) is 11.0. The lowest BCUT2D eigenvalue weighted by atomic mass is 9.75. The van der Waals surface area contributed by atoms with Crippen molar-refractivity contribution in [2.24, 2.45) is 17.8 Å². The van der Waals surface area contributed by atoms with Gasteiger partial charge in [-0.15, -0.1) is 0 Å². The molecule has 1 aliphatic rings. The van der Waals surface area contributed by atoms with Crippen molar-refractivity contribution in [2.75, 3.05) is 7.11 Å². The lowest BCUT2D eigenvalue weighted by Gasteiger charge is -2.39. The summed E-state index contributed by atoms with van der Waals surface area (Å²) in [6, 6.07) is 10.6. The molecule has 0 amide bonds. The van der Waals surface area contributed by atoms with Gasteiger partial charge < -0.3 is 9.16 Å². The summed E-state index contributed by atoms with van der Waals surface area (Å²) in [6.07, 6.45) is 4.39. The third-order valence-corrected chi connectivity index (χ3v) is 7.45. The Kier molecular flexibility index (Phi) is 7.16. The number of ether oxygens (including phenoxy) is 1. The van der Waals surface area contributed by atoms with E-state index in [9.17, 15) is 0 Å². The van der Waals surface area contributed by atoms with Crippen LogP contribution in [-0.4, -0.2) is 22.3 Å². The van der Waals surface area contributed by atoms with Gasteiger partial charge in [-0.1, -0.05) is 52.3 Å². The highest BCUT2D eigenvalue weighted by molar-refractivity contribution is 6.51. The molecule has 0 aromatic heterocycles. The summed E-state index contributed by atoms with van der Waals surface area (Å²) in [7, 11) is 0.924. The molecule has 1 radical (unpaired) electrons. The molecule has 0 N–H and O–H groups in total. The first-order chi connectivity index (χ1) is 11.0. The molecule has 0 aliphatic heterocycles. The first-order valence-electron chi connectivity index (χ1n) is 9.18. The summed E-state index contributed by atoms with van der Waals surface area (Å²) in [5, 5.41) is 0. The summed E-state index contributed by atoms with van der Waals surface area (Å²) in [4.78, 5) is 0. The van der Waals surface area contributed by atoms with Gasteiger partial charge in [-0.25, -0.2) is 0 Å². The van der Waals surface area contributed by atoms with Crippen molar-refractivity contribution in [1.82, 2.24) is 0 Å². The van der Waals surface area contributed by atoms with Crippen LogP contribution in [0.1, 0.15) is 52.5 Å². The molecule has 0 unspecified atom stereocenters. The second-order valence-corrected chi connectivity index (χ2v) is 9.74. The van der Waals surface area contributed by atoms with Crippen LogP contribution in [0.25, 0.3) is 0 Å². The van der Waals surface area contributed by atoms with Crippen molar-refractivity contribution < 1.29 is 9.16 Å². The Morgan fingerprint density at radius 2 is 1.96 bits per heavy atom. The highest BCUT2D eigenvalue weighted by Crippen LogP contribution is 2.36. The van der Waals surface area contributed by atoms with E-state index >= 15 is 0 Å². The average Bonchev–Trinajstić information content (AvgIpc) is 2.54. The fraction of sp³-hybridized carbons (Fsp3) is 0.700. The Labute approximate surface area is 144 Å². The highest BCUT2D eigenvalue weighted by atomic mass is 28.3. The molecular formula is C20H33O2Si. The molecule has 1 aliphatic carbocycles. The zero-order valence-electron chi connectivity index (χ0n) is 15.5. The van der Waals surface area contributed by atoms with Crippen LogP contribution in [0, 0.1) is 17.8 Å². The summed E-state index contributed by atoms with van der Waals surface area (Å²) < 4.78 is 12.3. The van der Waals surface area contributed by atoms with E-state index in [4.69, 9.17) is 9.16 Å². The number of methoxy groups -OCH3 is 1. The largest absolute Gasteiger partial charge is 0.496 e. The molecular weight excluding hydrogens is 300 g/mol. The summed E-state index contributed by atoms with van der Waals surface area (Å²) in [5.74, 6) is 3.26. The van der Waals surface area contributed by atoms with Crippen LogP contribution in [0.5, 0.6) is 5.75 Å². The molecule has 1 fully saturated rings. The van der Waals surface area contributed by atoms with Crippen molar-refractivity contribution in [2.45, 2.75) is 65.1 Å². The highest BCUT2D eigenvalue weighted by Gasteiger charge is 2.33. The minimum atomic E-state index is -0.836. The normalized spacial score (nSPS) is 25.1. The molecule has 0 heterocycles. The molecule has 1 saturated carbocycles. The predicted molar refractivity (Wildman–Crippen MR) is 99.1 cm³/mol. The van der Waals surface area contributed by atoms with E-state index in [2.05, 4.69) is 45.9 Å². The molecule has 0 bridgehead atoms. The van der Waals surface area contributed by atoms with Crippen molar-refractivity contribution >= 4 is 9.04 Å². The maximum Gasteiger partial charge on any atom is 0.216 e. The van der Waals surface area contributed by atoms with Crippen LogP contribution in [-0.2, 0) is 10.5 Å². The van der Waals surface area contributed by atoms with Crippen LogP contribution in [0.15, 0.2) is 24.3 Å². The Morgan fingerprint density at radius 3 is 2.61 bits per heavy atom. The van der Waals surface area contributed by atoms with Gasteiger partial charge in [0, 0.05) is 6.10 Å². The van der Waals surface area contributed by atoms with Crippen molar-refractivity contribution in [1.29, 1.82) is 0 Å². The molecule has 2 nitrogen and oxygen atoms in total. The quantitative estimate of drug-likeness (QED) is 0.633. The van der Waals surface area contributed by atoms with E-state index < -0.39 is 9.04 Å². The molecule has 1 aromatic carbocycles. The monoisotopic (exact) mass is 333 g/mol. The summed E-state index contributed by atoms with van der Waals surface area (Å²) in [5.41, 5.74) is 1.30. The minimum absolute atomic E-state index is 0.460. The lowest BCUT2D eigenvalue weighted by molar-refractivity contribution is 0.0432. The minimum Gasteiger partial charge on any atom is -0.496 e. The van der Waals surface area contributed by atoms with Gasteiger partial charge in [-0.05, 0) is 54.3 Å². The van der Waals surface area contributed by atoms with Gasteiger partial charge >= 0.3 is 0 Å². The molecule has 1 aromatic rings. The second kappa shape index (κ2) is 8.88. The molecule has 129 valence electrons. The van der Waals surface area contributed by atoms with Gasteiger partial charge in [0.2, 0.25) is 9.04 Å². The van der Waals surface area contributed by atoms with E-state index in [0.717, 1.165) is 35.6 Å². The predicted octanol–water partition coefficient (Wildman–Crippen LogP) is 5.27. The zero-order chi connectivity index (χ0) is 16.8. The zero-order valence-corrected chi connectivity index (χ0v) is 16.5. The van der Waals surface area contributed by atoms with Crippen LogP contribution in [0.4, 0.5) is 0 Å².